The molecule has 1 amide bonds. The van der Waals surface area contributed by atoms with Crippen molar-refractivity contribution in [1.82, 2.24) is 25.1 Å². The lowest BCUT2D eigenvalue weighted by molar-refractivity contribution is 0.0892. The number of carbonyl (C=O) groups excluding carboxylic acids is 1. The number of aromatic amines is 1. The number of amides is 1. The molecule has 136 valence electrons. The lowest BCUT2D eigenvalue weighted by atomic mass is 10.1. The number of imidazole rings is 1. The normalized spacial score (nSPS) is 12.2. The van der Waals surface area contributed by atoms with Gasteiger partial charge >= 0.3 is 0 Å². The van der Waals surface area contributed by atoms with E-state index in [1.807, 2.05) is 39.1 Å². The number of hydrogen-bond acceptors (Lipinski definition) is 4. The van der Waals surface area contributed by atoms with Crippen molar-refractivity contribution >= 4 is 5.91 Å². The van der Waals surface area contributed by atoms with Gasteiger partial charge in [0.1, 0.15) is 5.82 Å². The van der Waals surface area contributed by atoms with Crippen LogP contribution in [0.4, 0.5) is 0 Å². The van der Waals surface area contributed by atoms with Gasteiger partial charge in [-0.15, -0.1) is 0 Å². The maximum atomic E-state index is 12.6. The smallest absolute Gasteiger partial charge is 0.251 e. The van der Waals surface area contributed by atoms with Crippen LogP contribution in [0.2, 0.25) is 0 Å². The molecule has 2 N–H and O–H groups in total. The number of aryl methyl sites for hydroxylation is 3. The molecule has 2 heterocycles. The molecule has 0 aliphatic carbocycles. The number of benzene rings is 1. The van der Waals surface area contributed by atoms with Crippen molar-refractivity contribution in [3.63, 3.8) is 0 Å². The second-order valence-corrected chi connectivity index (χ2v) is 6.23. The van der Waals surface area contributed by atoms with E-state index in [-0.39, 0.29) is 11.9 Å². The van der Waals surface area contributed by atoms with Crippen molar-refractivity contribution in [2.45, 2.75) is 19.9 Å². The maximum Gasteiger partial charge on any atom is 0.251 e. The molecule has 3 rings (SSSR count). The number of nitrogens with zero attached hydrogens (tertiary/aromatic N) is 3. The Morgan fingerprint density at radius 1 is 1.27 bits per heavy atom. The highest BCUT2D eigenvalue weighted by molar-refractivity contribution is 5.94. The minimum Gasteiger partial charge on any atom is -0.382 e. The molecule has 2 aromatic heterocycles. The van der Waals surface area contributed by atoms with Crippen molar-refractivity contribution in [2.75, 3.05) is 13.7 Å². The van der Waals surface area contributed by atoms with E-state index in [9.17, 15) is 4.79 Å². The van der Waals surface area contributed by atoms with Crippen LogP contribution in [-0.2, 0) is 11.8 Å². The Bertz CT molecular complexity index is 895. The van der Waals surface area contributed by atoms with Gasteiger partial charge in [-0.25, -0.2) is 4.98 Å². The van der Waals surface area contributed by atoms with Crippen molar-refractivity contribution in [3.8, 4) is 11.3 Å². The van der Waals surface area contributed by atoms with E-state index in [0.29, 0.717) is 12.2 Å². The molecular weight excluding hydrogens is 330 g/mol. The van der Waals surface area contributed by atoms with Gasteiger partial charge in [-0.2, -0.15) is 5.10 Å². The quantitative estimate of drug-likeness (QED) is 0.713. The number of carbonyl (C=O) groups is 1. The van der Waals surface area contributed by atoms with Crippen LogP contribution in [0.5, 0.6) is 0 Å². The first-order valence-electron chi connectivity index (χ1n) is 8.41. The highest BCUT2D eigenvalue weighted by atomic mass is 16.5. The predicted octanol–water partition coefficient (Wildman–Crippen LogP) is 2.54. The molecule has 0 radical (unpaired) electrons. The largest absolute Gasteiger partial charge is 0.382 e. The summed E-state index contributed by atoms with van der Waals surface area (Å²) in [7, 11) is 3.45. The number of H-pyrrole nitrogens is 1. The van der Waals surface area contributed by atoms with Gasteiger partial charge in [-0.1, -0.05) is 12.1 Å². The number of hydrogen-bond donors (Lipinski definition) is 2. The van der Waals surface area contributed by atoms with Crippen LogP contribution in [0.1, 0.15) is 33.6 Å². The molecule has 0 aliphatic heterocycles. The van der Waals surface area contributed by atoms with Crippen molar-refractivity contribution < 1.29 is 9.53 Å². The van der Waals surface area contributed by atoms with Crippen LogP contribution in [0, 0.1) is 13.8 Å². The van der Waals surface area contributed by atoms with Crippen LogP contribution in [-0.4, -0.2) is 39.4 Å². The second kappa shape index (κ2) is 7.53. The molecule has 0 bridgehead atoms. The minimum absolute atomic E-state index is 0.158. The molecular formula is C19H23N5O2. The summed E-state index contributed by atoms with van der Waals surface area (Å²) in [4.78, 5) is 20.3. The molecule has 0 unspecified atom stereocenters. The van der Waals surface area contributed by atoms with E-state index in [4.69, 9.17) is 4.74 Å². The summed E-state index contributed by atoms with van der Waals surface area (Å²) in [5.74, 6) is 0.715. The Hall–Kier alpha value is -2.93. The van der Waals surface area contributed by atoms with Gasteiger partial charge in [-0.3, -0.25) is 9.48 Å². The van der Waals surface area contributed by atoms with Crippen LogP contribution >= 0.6 is 0 Å². The van der Waals surface area contributed by atoms with Gasteiger partial charge in [0.2, 0.25) is 0 Å². The molecule has 0 aliphatic rings. The Labute approximate surface area is 152 Å². The van der Waals surface area contributed by atoms with Crippen LogP contribution in [0.3, 0.4) is 0 Å². The number of rotatable bonds is 6. The SMILES string of the molecule is COC[C@@H](NC(=O)c1ccc(-c2nc(C)[nH]c2C)cc1)c1ccnn1C. The monoisotopic (exact) mass is 353 g/mol. The highest BCUT2D eigenvalue weighted by Crippen LogP contribution is 2.22. The molecule has 0 saturated heterocycles. The highest BCUT2D eigenvalue weighted by Gasteiger charge is 2.18. The summed E-state index contributed by atoms with van der Waals surface area (Å²) in [6.07, 6.45) is 1.70. The minimum atomic E-state index is -0.268. The number of nitrogens with one attached hydrogen (secondary N) is 2. The third-order valence-electron chi connectivity index (χ3n) is 4.28. The summed E-state index contributed by atoms with van der Waals surface area (Å²) in [5, 5.41) is 7.16. The lowest BCUT2D eigenvalue weighted by Crippen LogP contribution is -2.32. The first-order valence-corrected chi connectivity index (χ1v) is 8.41. The van der Waals surface area contributed by atoms with Gasteiger partial charge in [0.25, 0.3) is 5.91 Å². The average molecular weight is 353 g/mol. The zero-order chi connectivity index (χ0) is 18.7. The third-order valence-corrected chi connectivity index (χ3v) is 4.28. The number of aromatic nitrogens is 4. The number of methoxy groups -OCH3 is 1. The summed E-state index contributed by atoms with van der Waals surface area (Å²) in [5.41, 5.74) is 4.36. The summed E-state index contributed by atoms with van der Waals surface area (Å²) in [6, 6.07) is 9.04. The van der Waals surface area contributed by atoms with E-state index in [1.54, 1.807) is 30.1 Å². The predicted molar refractivity (Wildman–Crippen MR) is 98.8 cm³/mol. The standard InChI is InChI=1S/C19H23N5O2/c1-12-18(22-13(2)21-12)14-5-7-15(8-6-14)19(25)23-16(11-26-4)17-9-10-20-24(17)3/h5-10,16H,11H2,1-4H3,(H,21,22)(H,23,25)/t16-/m1/s1. The molecule has 7 heteroatoms. The van der Waals surface area contributed by atoms with E-state index >= 15 is 0 Å². The van der Waals surface area contributed by atoms with Crippen LogP contribution in [0.15, 0.2) is 36.5 Å². The first-order chi connectivity index (χ1) is 12.5. The van der Waals surface area contributed by atoms with Crippen LogP contribution in [0.25, 0.3) is 11.3 Å². The number of ether oxygens (including phenoxy) is 1. The van der Waals surface area contributed by atoms with Gasteiger partial charge in [0.05, 0.1) is 24.0 Å². The Morgan fingerprint density at radius 3 is 2.54 bits per heavy atom. The molecule has 1 aromatic carbocycles. The zero-order valence-electron chi connectivity index (χ0n) is 15.4. The fourth-order valence-electron chi connectivity index (χ4n) is 3.01. The van der Waals surface area contributed by atoms with E-state index in [1.165, 1.54) is 0 Å². The molecule has 7 nitrogen and oxygen atoms in total. The van der Waals surface area contributed by atoms with Crippen molar-refractivity contribution in [2.24, 2.45) is 7.05 Å². The third kappa shape index (κ3) is 3.67. The molecule has 0 fully saturated rings. The fraction of sp³-hybridized carbons (Fsp3) is 0.316. The second-order valence-electron chi connectivity index (χ2n) is 6.23. The molecule has 3 aromatic rings. The van der Waals surface area contributed by atoms with Gasteiger partial charge in [0, 0.05) is 37.2 Å². The van der Waals surface area contributed by atoms with E-state index < -0.39 is 0 Å². The average Bonchev–Trinajstić information content (AvgIpc) is 3.19. The Kier molecular flexibility index (Phi) is 5.18. The van der Waals surface area contributed by atoms with E-state index in [0.717, 1.165) is 28.5 Å². The molecule has 0 saturated carbocycles. The maximum absolute atomic E-state index is 12.6. The lowest BCUT2D eigenvalue weighted by Gasteiger charge is -2.18. The Balaban J connectivity index is 1.77. The first kappa shape index (κ1) is 17.9. The van der Waals surface area contributed by atoms with Gasteiger partial charge in [0.15, 0.2) is 0 Å². The van der Waals surface area contributed by atoms with E-state index in [2.05, 4.69) is 20.4 Å². The summed E-state index contributed by atoms with van der Waals surface area (Å²) >= 11 is 0. The van der Waals surface area contributed by atoms with Crippen LogP contribution < -0.4 is 5.32 Å². The molecule has 1 atom stereocenters. The Morgan fingerprint density at radius 2 is 2.00 bits per heavy atom. The fourth-order valence-corrected chi connectivity index (χ4v) is 3.01. The molecule has 0 spiro atoms. The zero-order valence-corrected chi connectivity index (χ0v) is 15.4. The van der Waals surface area contributed by atoms with Crippen molar-refractivity contribution in [1.29, 1.82) is 0 Å². The molecule has 26 heavy (non-hydrogen) atoms. The summed E-state index contributed by atoms with van der Waals surface area (Å²) in [6.45, 7) is 4.28. The van der Waals surface area contributed by atoms with Crippen molar-refractivity contribution in [3.05, 3.63) is 59.3 Å². The van der Waals surface area contributed by atoms with Gasteiger partial charge < -0.3 is 15.0 Å². The topological polar surface area (TPSA) is 84.8 Å². The van der Waals surface area contributed by atoms with Gasteiger partial charge in [-0.05, 0) is 32.0 Å². The summed E-state index contributed by atoms with van der Waals surface area (Å²) < 4.78 is 6.98.